The zero-order valence-electron chi connectivity index (χ0n) is 10.9. The quantitative estimate of drug-likeness (QED) is 0.569. The van der Waals surface area contributed by atoms with Gasteiger partial charge in [-0.05, 0) is 24.6 Å². The average Bonchev–Trinajstić information content (AvgIpc) is 2.39. The molecule has 0 heterocycles. The van der Waals surface area contributed by atoms with Gasteiger partial charge in [0.2, 0.25) is 0 Å². The fourth-order valence-corrected chi connectivity index (χ4v) is 1.86. The maximum atomic E-state index is 6.81. The fraction of sp³-hybridized carbons (Fsp3) is 0.333. The molecule has 0 bridgehead atoms. The van der Waals surface area contributed by atoms with Crippen molar-refractivity contribution in [2.24, 2.45) is 0 Å². The number of benzene rings is 1. The highest BCUT2D eigenvalue weighted by Gasteiger charge is 2.26. The Kier molecular flexibility index (Phi) is 2.42. The molecule has 1 rings (SSSR count). The Morgan fingerprint density at radius 1 is 1.29 bits per heavy atom. The van der Waals surface area contributed by atoms with Crippen LogP contribution in [-0.2, 0) is 6.04 Å². The minimum absolute atomic E-state index is 0.0932. The number of rotatable bonds is 7. The Labute approximate surface area is 88.2 Å². The lowest BCUT2D eigenvalue weighted by atomic mass is 10.2. The number of hydrogen-bond acceptors (Lipinski definition) is 4. The zero-order valence-corrected chi connectivity index (χ0v) is 8.86. The van der Waals surface area contributed by atoms with E-state index in [1.807, 2.05) is 6.92 Å². The van der Waals surface area contributed by atoms with Crippen molar-refractivity contribution < 1.29 is 19.1 Å². The van der Waals surface area contributed by atoms with Crippen molar-refractivity contribution in [1.29, 1.82) is 4.29 Å². The van der Waals surface area contributed by atoms with Gasteiger partial charge in [-0.3, -0.25) is 0 Å². The molecule has 0 aliphatic heterocycles. The highest BCUT2D eigenvalue weighted by atomic mass is 28.4. The molecular weight excluding hydrogens is 200 g/mol. The first-order valence-corrected chi connectivity index (χ1v) is 6.27. The van der Waals surface area contributed by atoms with E-state index in [0.717, 1.165) is 11.3 Å². The van der Waals surface area contributed by atoms with Gasteiger partial charge in [-0.1, -0.05) is 12.1 Å². The first kappa shape index (κ1) is 7.41. The van der Waals surface area contributed by atoms with Gasteiger partial charge in [0.05, 0.1) is 6.61 Å². The van der Waals surface area contributed by atoms with Gasteiger partial charge in [0, 0.05) is 6.04 Å². The van der Waals surface area contributed by atoms with Crippen molar-refractivity contribution in [3.05, 3.63) is 29.8 Å². The van der Waals surface area contributed by atoms with Crippen LogP contribution < -0.4 is 4.74 Å². The topological polar surface area (TPSA) is 69.9 Å². The summed E-state index contributed by atoms with van der Waals surface area (Å²) in [5.41, 5.74) is 0.756. The summed E-state index contributed by atoms with van der Waals surface area (Å²) in [4.78, 5) is 12.8. The molecule has 78 valence electrons. The lowest BCUT2D eigenvalue weighted by Crippen LogP contribution is -2.37. The fourth-order valence-electron chi connectivity index (χ4n) is 1.12. The minimum atomic E-state index is -3.53. The normalized spacial score (nSPS) is 14.2. The summed E-state index contributed by atoms with van der Waals surface area (Å²) in [6.07, 6.45) is 0. The molecule has 0 aliphatic rings. The summed E-state index contributed by atoms with van der Waals surface area (Å²) in [5, 5.41) is 0. The van der Waals surface area contributed by atoms with E-state index < -0.39 is 8.80 Å². The van der Waals surface area contributed by atoms with Gasteiger partial charge in [0.15, 0.2) is 4.29 Å². The number of hydrogen-bond donors (Lipinski definition) is 3. The van der Waals surface area contributed by atoms with Crippen LogP contribution >= 0.6 is 0 Å². The first-order chi connectivity index (χ1) is 8.19. The van der Waals surface area contributed by atoms with Crippen molar-refractivity contribution in [3.63, 3.8) is 0 Å². The van der Waals surface area contributed by atoms with Gasteiger partial charge < -0.3 is 19.1 Å². The molecule has 0 saturated carbocycles. The maximum Gasteiger partial charge on any atom is 0.497 e. The van der Waals surface area contributed by atoms with Gasteiger partial charge in [-0.2, -0.15) is 0 Å². The first-order valence-electron chi connectivity index (χ1n) is 5.57. The largest absolute Gasteiger partial charge is 0.497 e. The molecule has 0 saturated heterocycles. The van der Waals surface area contributed by atoms with Crippen LogP contribution in [0.3, 0.4) is 0 Å². The summed E-state index contributed by atoms with van der Waals surface area (Å²) in [6.45, 7) is 2.47. The molecule has 0 atom stereocenters. The lowest BCUT2D eigenvalue weighted by molar-refractivity contribution is 0.227. The van der Waals surface area contributed by atoms with Crippen LogP contribution in [0.15, 0.2) is 24.3 Å². The van der Waals surface area contributed by atoms with Crippen molar-refractivity contribution >= 4 is 8.80 Å². The highest BCUT2D eigenvalue weighted by molar-refractivity contribution is 6.55. The molecule has 4 nitrogen and oxygen atoms in total. The summed E-state index contributed by atoms with van der Waals surface area (Å²) in [6, 6.07) is 7.12. The molecule has 0 unspecified atom stereocenters. The molecule has 0 spiro atoms. The van der Waals surface area contributed by atoms with Crippen molar-refractivity contribution in [3.8, 4) is 5.75 Å². The summed E-state index contributed by atoms with van der Waals surface area (Å²) in [5.74, 6) is 0.730. The number of ether oxygens (including phenoxy) is 1. The maximum absolute atomic E-state index is 6.81. The van der Waals surface area contributed by atoms with Crippen LogP contribution in [0.1, 0.15) is 12.5 Å². The molecule has 5 heteroatoms. The molecule has 14 heavy (non-hydrogen) atoms. The molecule has 0 aliphatic carbocycles. The van der Waals surface area contributed by atoms with Crippen LogP contribution in [0.5, 0.6) is 5.75 Å². The molecule has 3 N–H and O–H groups in total. The molecular formula is C9H14O4Si. The molecule has 1 aromatic rings. The minimum Gasteiger partial charge on any atom is -0.494 e. The second-order valence-electron chi connectivity index (χ2n) is 2.94. The Hall–Kier alpha value is -0.883. The Balaban J connectivity index is 2.73. The van der Waals surface area contributed by atoms with Gasteiger partial charge >= 0.3 is 8.80 Å². The molecule has 0 amide bonds. The van der Waals surface area contributed by atoms with Gasteiger partial charge in [0.25, 0.3) is 0 Å². The van der Waals surface area contributed by atoms with E-state index in [1.165, 1.54) is 0 Å². The SMILES string of the molecule is [3H]O[Si](Cc1ccc(OCC)cc1)(O[3H])O[3H]. The van der Waals surface area contributed by atoms with Crippen LogP contribution in [0.2, 0.25) is 0 Å². The van der Waals surface area contributed by atoms with Crippen LogP contribution in [0.25, 0.3) is 0 Å². The van der Waals surface area contributed by atoms with E-state index in [1.54, 1.807) is 24.3 Å². The standard InChI is InChI=1S/C9H14O4Si/c1-2-13-9-5-3-8(4-6-9)7-14(10,11)12/h3-6,10-12H,2,7H2,1H3/i10T,11T,12T. The zero-order chi connectivity index (χ0) is 12.7. The van der Waals surface area contributed by atoms with Crippen molar-refractivity contribution in [2.75, 3.05) is 6.61 Å². The van der Waals surface area contributed by atoms with Crippen LogP contribution in [0, 0.1) is 0 Å². The highest BCUT2D eigenvalue weighted by Crippen LogP contribution is 2.13. The summed E-state index contributed by atoms with van der Waals surface area (Å²) >= 11 is 0. The van der Waals surface area contributed by atoms with Gasteiger partial charge in [0.1, 0.15) is 5.75 Å². The second-order valence-corrected chi connectivity index (χ2v) is 4.66. The third-order valence-corrected chi connectivity index (χ3v) is 2.50. The smallest absolute Gasteiger partial charge is 0.494 e. The molecule has 0 aromatic heterocycles. The average molecular weight is 220 g/mol. The third-order valence-electron chi connectivity index (χ3n) is 1.65. The van der Waals surface area contributed by atoms with Gasteiger partial charge in [-0.25, -0.2) is 0 Å². The van der Waals surface area contributed by atoms with E-state index in [-0.39, 0.29) is 6.04 Å². The Morgan fingerprint density at radius 3 is 2.43 bits per heavy atom. The van der Waals surface area contributed by atoms with Gasteiger partial charge in [-0.15, -0.1) is 0 Å². The van der Waals surface area contributed by atoms with E-state index in [0.29, 0.717) is 6.61 Å². The van der Waals surface area contributed by atoms with Crippen LogP contribution in [0.4, 0.5) is 0 Å². The summed E-state index contributed by atoms with van der Waals surface area (Å²) in [7, 11) is -3.53. The summed E-state index contributed by atoms with van der Waals surface area (Å²) < 4.78 is 25.7. The third kappa shape index (κ3) is 3.88. The van der Waals surface area contributed by atoms with E-state index in [4.69, 9.17) is 9.03 Å². The molecule has 0 fully saturated rings. The van der Waals surface area contributed by atoms with Crippen molar-refractivity contribution in [1.82, 2.24) is 0 Å². The Morgan fingerprint density at radius 2 is 1.93 bits per heavy atom. The monoisotopic (exact) mass is 220 g/mol. The molecule has 0 radical (unpaired) electrons. The lowest BCUT2D eigenvalue weighted by Gasteiger charge is -2.09. The Bertz CT molecular complexity index is 323. The molecule has 1 aromatic carbocycles. The van der Waals surface area contributed by atoms with Crippen LogP contribution in [-0.4, -0.2) is 34.1 Å². The van der Waals surface area contributed by atoms with E-state index in [2.05, 4.69) is 14.4 Å². The predicted molar refractivity (Wildman–Crippen MR) is 53.7 cm³/mol. The van der Waals surface area contributed by atoms with Crippen molar-refractivity contribution in [2.45, 2.75) is 13.0 Å². The van der Waals surface area contributed by atoms with E-state index >= 15 is 0 Å². The second kappa shape index (κ2) is 4.56. The predicted octanol–water partition coefficient (Wildman–Crippen LogP) is 0.0828. The van der Waals surface area contributed by atoms with E-state index in [9.17, 15) is 0 Å².